The van der Waals surface area contributed by atoms with E-state index in [1.807, 2.05) is 4.90 Å². The first kappa shape index (κ1) is 20.4. The zero-order chi connectivity index (χ0) is 14.7. The lowest BCUT2D eigenvalue weighted by Crippen LogP contribution is -2.57. The van der Waals surface area contributed by atoms with Gasteiger partial charge in [-0.05, 0) is 12.8 Å². The van der Waals surface area contributed by atoms with Crippen LogP contribution in [0.3, 0.4) is 0 Å². The minimum atomic E-state index is -0.205. The molecular weight excluding hydrogens is 343 g/mol. The van der Waals surface area contributed by atoms with Gasteiger partial charge in [0.2, 0.25) is 11.8 Å². The van der Waals surface area contributed by atoms with Crippen molar-refractivity contribution in [3.63, 3.8) is 0 Å². The van der Waals surface area contributed by atoms with Crippen LogP contribution < -0.4 is 10.6 Å². The highest BCUT2D eigenvalue weighted by molar-refractivity contribution is 5.85. The van der Waals surface area contributed by atoms with Crippen molar-refractivity contribution in [1.29, 1.82) is 0 Å². The molecule has 23 heavy (non-hydrogen) atoms. The zero-order valence-electron chi connectivity index (χ0n) is 13.2. The summed E-state index contributed by atoms with van der Waals surface area (Å²) < 4.78 is 5.34. The fraction of sp³-hybridized carbons (Fsp3) is 0.857. The molecule has 1 saturated carbocycles. The van der Waals surface area contributed by atoms with Gasteiger partial charge in [0.15, 0.2) is 0 Å². The van der Waals surface area contributed by atoms with Crippen LogP contribution in [0.15, 0.2) is 0 Å². The first-order valence-corrected chi connectivity index (χ1v) is 7.84. The third-order valence-electron chi connectivity index (χ3n) is 4.21. The van der Waals surface area contributed by atoms with Crippen LogP contribution in [0.5, 0.6) is 0 Å². The molecule has 2 aliphatic heterocycles. The number of nitrogens with zero attached hydrogens (tertiary/aromatic N) is 2. The molecular formula is C14H26Cl2N4O3. The largest absolute Gasteiger partial charge is 0.378 e. The SMILES string of the molecule is Cl.Cl.O=C(CN1CCN(C(=O)C2COCCN2)CC1)NC1CC1. The molecule has 2 saturated heterocycles. The number of hydrogen-bond acceptors (Lipinski definition) is 5. The molecule has 1 atom stereocenters. The summed E-state index contributed by atoms with van der Waals surface area (Å²) in [5.74, 6) is 0.233. The van der Waals surface area contributed by atoms with Crippen molar-refractivity contribution >= 4 is 36.6 Å². The monoisotopic (exact) mass is 368 g/mol. The number of carbonyl (C=O) groups is 2. The summed E-state index contributed by atoms with van der Waals surface area (Å²) in [6, 6.07) is 0.209. The summed E-state index contributed by atoms with van der Waals surface area (Å²) >= 11 is 0. The Balaban J connectivity index is 0.00000132. The van der Waals surface area contributed by atoms with Crippen LogP contribution in [-0.2, 0) is 14.3 Å². The van der Waals surface area contributed by atoms with Gasteiger partial charge in [0.25, 0.3) is 0 Å². The number of hydrogen-bond donors (Lipinski definition) is 2. The van der Waals surface area contributed by atoms with E-state index in [0.717, 1.165) is 32.5 Å². The van der Waals surface area contributed by atoms with Crippen LogP contribution in [0, 0.1) is 0 Å². The van der Waals surface area contributed by atoms with E-state index in [2.05, 4.69) is 15.5 Å². The fourth-order valence-corrected chi connectivity index (χ4v) is 2.77. The molecule has 9 heteroatoms. The van der Waals surface area contributed by atoms with Gasteiger partial charge in [0.05, 0.1) is 19.8 Å². The Kier molecular flexibility index (Phi) is 8.57. The van der Waals surface area contributed by atoms with E-state index in [-0.39, 0.29) is 42.7 Å². The van der Waals surface area contributed by atoms with Gasteiger partial charge < -0.3 is 20.3 Å². The first-order chi connectivity index (χ1) is 10.2. The second-order valence-electron chi connectivity index (χ2n) is 6.02. The van der Waals surface area contributed by atoms with Crippen molar-refractivity contribution in [2.75, 3.05) is 52.5 Å². The van der Waals surface area contributed by atoms with Gasteiger partial charge in [-0.3, -0.25) is 14.5 Å². The highest BCUT2D eigenvalue weighted by atomic mass is 35.5. The van der Waals surface area contributed by atoms with Gasteiger partial charge in [-0.15, -0.1) is 24.8 Å². The average Bonchev–Trinajstić information content (AvgIpc) is 3.32. The molecule has 3 aliphatic rings. The van der Waals surface area contributed by atoms with E-state index in [1.165, 1.54) is 0 Å². The van der Waals surface area contributed by atoms with Gasteiger partial charge in [-0.25, -0.2) is 0 Å². The molecule has 134 valence electrons. The van der Waals surface area contributed by atoms with Crippen LogP contribution in [0.1, 0.15) is 12.8 Å². The molecule has 0 aromatic rings. The van der Waals surface area contributed by atoms with E-state index in [1.54, 1.807) is 0 Å². The Hall–Kier alpha value is -0.600. The molecule has 1 aliphatic carbocycles. The zero-order valence-corrected chi connectivity index (χ0v) is 14.8. The van der Waals surface area contributed by atoms with Gasteiger partial charge >= 0.3 is 0 Å². The van der Waals surface area contributed by atoms with Crippen LogP contribution >= 0.6 is 24.8 Å². The summed E-state index contributed by atoms with van der Waals surface area (Å²) in [5.41, 5.74) is 0. The number of morpholine rings is 1. The van der Waals surface area contributed by atoms with Crippen molar-refractivity contribution < 1.29 is 14.3 Å². The van der Waals surface area contributed by atoms with Gasteiger partial charge in [0.1, 0.15) is 6.04 Å². The van der Waals surface area contributed by atoms with E-state index in [0.29, 0.717) is 38.9 Å². The Morgan fingerprint density at radius 2 is 1.83 bits per heavy atom. The third-order valence-corrected chi connectivity index (χ3v) is 4.21. The predicted octanol–water partition coefficient (Wildman–Crippen LogP) is -0.759. The Morgan fingerprint density at radius 3 is 2.39 bits per heavy atom. The molecule has 1 unspecified atom stereocenters. The molecule has 2 amide bonds. The minimum Gasteiger partial charge on any atom is -0.378 e. The Bertz CT molecular complexity index is 395. The molecule has 7 nitrogen and oxygen atoms in total. The maximum absolute atomic E-state index is 12.3. The summed E-state index contributed by atoms with van der Waals surface area (Å²) in [5, 5.41) is 6.19. The maximum atomic E-state index is 12.3. The average molecular weight is 369 g/mol. The van der Waals surface area contributed by atoms with Gasteiger partial charge in [0, 0.05) is 38.8 Å². The molecule has 0 radical (unpaired) electrons. The third kappa shape index (κ3) is 6.08. The number of nitrogens with one attached hydrogen (secondary N) is 2. The molecule has 2 N–H and O–H groups in total. The number of ether oxygens (including phenoxy) is 1. The topological polar surface area (TPSA) is 73.9 Å². The number of halogens is 2. The number of rotatable bonds is 4. The number of amides is 2. The number of piperazine rings is 1. The first-order valence-electron chi connectivity index (χ1n) is 7.84. The van der Waals surface area contributed by atoms with E-state index in [4.69, 9.17) is 4.74 Å². The molecule has 2 heterocycles. The summed E-state index contributed by atoms with van der Waals surface area (Å²) in [6.07, 6.45) is 2.23. The highest BCUT2D eigenvalue weighted by Crippen LogP contribution is 2.18. The highest BCUT2D eigenvalue weighted by Gasteiger charge is 2.30. The lowest BCUT2D eigenvalue weighted by Gasteiger charge is -2.36. The van der Waals surface area contributed by atoms with Crippen molar-refractivity contribution in [3.05, 3.63) is 0 Å². The number of carbonyl (C=O) groups excluding carboxylic acids is 2. The van der Waals surface area contributed by atoms with Crippen molar-refractivity contribution in [1.82, 2.24) is 20.4 Å². The molecule has 0 aromatic carbocycles. The smallest absolute Gasteiger partial charge is 0.242 e. The minimum absolute atomic E-state index is 0. The van der Waals surface area contributed by atoms with Crippen molar-refractivity contribution in [3.8, 4) is 0 Å². The van der Waals surface area contributed by atoms with Crippen LogP contribution in [0.25, 0.3) is 0 Å². The van der Waals surface area contributed by atoms with Crippen molar-refractivity contribution in [2.45, 2.75) is 24.9 Å². The van der Waals surface area contributed by atoms with Crippen LogP contribution in [0.2, 0.25) is 0 Å². The normalized spacial score (nSPS) is 25.0. The molecule has 0 spiro atoms. The standard InChI is InChI=1S/C14H24N4O3.2ClH/c19-13(16-11-1-2-11)9-17-4-6-18(7-5-17)14(20)12-10-21-8-3-15-12;;/h11-12,15H,1-10H2,(H,16,19);2*1H. The van der Waals surface area contributed by atoms with Crippen LogP contribution in [0.4, 0.5) is 0 Å². The fourth-order valence-electron chi connectivity index (χ4n) is 2.77. The van der Waals surface area contributed by atoms with Crippen LogP contribution in [-0.4, -0.2) is 86.2 Å². The molecule has 3 rings (SSSR count). The predicted molar refractivity (Wildman–Crippen MR) is 91.3 cm³/mol. The second-order valence-corrected chi connectivity index (χ2v) is 6.02. The maximum Gasteiger partial charge on any atom is 0.242 e. The van der Waals surface area contributed by atoms with E-state index >= 15 is 0 Å². The lowest BCUT2D eigenvalue weighted by molar-refractivity contribution is -0.138. The molecule has 3 fully saturated rings. The Labute approximate surface area is 149 Å². The summed E-state index contributed by atoms with van der Waals surface area (Å²) in [6.45, 7) is 5.22. The van der Waals surface area contributed by atoms with E-state index < -0.39 is 0 Å². The molecule has 0 bridgehead atoms. The second kappa shape index (κ2) is 9.64. The summed E-state index contributed by atoms with van der Waals surface area (Å²) in [4.78, 5) is 28.1. The van der Waals surface area contributed by atoms with Crippen molar-refractivity contribution in [2.24, 2.45) is 0 Å². The molecule has 0 aromatic heterocycles. The van der Waals surface area contributed by atoms with E-state index in [9.17, 15) is 9.59 Å². The summed E-state index contributed by atoms with van der Waals surface area (Å²) in [7, 11) is 0. The Morgan fingerprint density at radius 1 is 1.13 bits per heavy atom. The van der Waals surface area contributed by atoms with Gasteiger partial charge in [-0.2, -0.15) is 0 Å². The van der Waals surface area contributed by atoms with Gasteiger partial charge in [-0.1, -0.05) is 0 Å². The lowest BCUT2D eigenvalue weighted by atomic mass is 10.2. The quantitative estimate of drug-likeness (QED) is 0.682.